The molecule has 0 aliphatic carbocycles. The number of para-hydroxylation sites is 1. The van der Waals surface area contributed by atoms with Crippen molar-refractivity contribution in [1.29, 1.82) is 0 Å². The first-order valence-corrected chi connectivity index (χ1v) is 9.00. The van der Waals surface area contributed by atoms with Crippen molar-refractivity contribution < 1.29 is 4.79 Å². The van der Waals surface area contributed by atoms with E-state index in [1.54, 1.807) is 29.8 Å². The number of anilines is 1. The molecule has 3 heterocycles. The number of thiazole rings is 1. The Balaban J connectivity index is 1.30. The fourth-order valence-corrected chi connectivity index (χ4v) is 3.73. The Bertz CT molecular complexity index is 827. The number of carbonyl (C=O) groups excluding carboxylic acids is 1. The first kappa shape index (κ1) is 15.8. The summed E-state index contributed by atoms with van der Waals surface area (Å²) in [7, 11) is 0. The Hall–Kier alpha value is -2.74. The van der Waals surface area contributed by atoms with Gasteiger partial charge in [0.1, 0.15) is 5.01 Å². The number of carbonyl (C=O) groups is 1. The summed E-state index contributed by atoms with van der Waals surface area (Å²) in [6, 6.07) is 9.76. The molecule has 128 valence electrons. The molecular weight excluding hydrogens is 336 g/mol. The zero-order chi connectivity index (χ0) is 17.1. The van der Waals surface area contributed by atoms with Gasteiger partial charge in [0.2, 0.25) is 5.95 Å². The molecule has 1 aromatic carbocycles. The van der Waals surface area contributed by atoms with Gasteiger partial charge in [-0.3, -0.25) is 0 Å². The van der Waals surface area contributed by atoms with E-state index in [1.807, 2.05) is 29.2 Å². The number of piperazine rings is 1. The molecular formula is C17H18N6OS. The summed E-state index contributed by atoms with van der Waals surface area (Å²) >= 11 is 1.61. The van der Waals surface area contributed by atoms with Gasteiger partial charge in [0.05, 0.1) is 16.8 Å². The van der Waals surface area contributed by atoms with Crippen molar-refractivity contribution in [3.8, 4) is 0 Å². The first-order chi connectivity index (χ1) is 12.3. The molecule has 0 saturated carbocycles. The normalized spacial score (nSPS) is 14.7. The maximum absolute atomic E-state index is 12.4. The molecule has 7 nitrogen and oxygen atoms in total. The predicted molar refractivity (Wildman–Crippen MR) is 97.7 cm³/mol. The van der Waals surface area contributed by atoms with E-state index in [9.17, 15) is 4.79 Å². The van der Waals surface area contributed by atoms with Gasteiger partial charge in [-0.2, -0.15) is 0 Å². The summed E-state index contributed by atoms with van der Waals surface area (Å²) in [4.78, 5) is 29.4. The highest BCUT2D eigenvalue weighted by atomic mass is 32.1. The summed E-state index contributed by atoms with van der Waals surface area (Å²) in [6.07, 6.45) is 3.47. The molecule has 8 heteroatoms. The van der Waals surface area contributed by atoms with E-state index in [0.29, 0.717) is 19.6 Å². The summed E-state index contributed by atoms with van der Waals surface area (Å²) in [6.45, 7) is 3.24. The quantitative estimate of drug-likeness (QED) is 0.780. The number of amides is 2. The van der Waals surface area contributed by atoms with Gasteiger partial charge in [-0.15, -0.1) is 11.3 Å². The van der Waals surface area contributed by atoms with Crippen LogP contribution in [0, 0.1) is 0 Å². The molecule has 25 heavy (non-hydrogen) atoms. The number of rotatable bonds is 3. The SMILES string of the molecule is O=C(NCc1nc2ccccc2s1)N1CCN(c2ncccn2)CC1. The molecule has 3 aromatic rings. The second-order valence-corrected chi connectivity index (χ2v) is 6.87. The molecule has 0 spiro atoms. The van der Waals surface area contributed by atoms with E-state index < -0.39 is 0 Å². The summed E-state index contributed by atoms with van der Waals surface area (Å²) < 4.78 is 1.14. The number of hydrogen-bond acceptors (Lipinski definition) is 6. The lowest BCUT2D eigenvalue weighted by Crippen LogP contribution is -2.52. The Labute approximate surface area is 149 Å². The lowest BCUT2D eigenvalue weighted by molar-refractivity contribution is 0.193. The number of hydrogen-bond donors (Lipinski definition) is 1. The summed E-state index contributed by atoms with van der Waals surface area (Å²) in [5.41, 5.74) is 0.980. The molecule has 0 radical (unpaired) electrons. The average molecular weight is 354 g/mol. The zero-order valence-corrected chi connectivity index (χ0v) is 14.4. The average Bonchev–Trinajstić information content (AvgIpc) is 3.10. The number of nitrogens with zero attached hydrogens (tertiary/aromatic N) is 5. The molecule has 2 aromatic heterocycles. The van der Waals surface area contributed by atoms with Crippen molar-refractivity contribution >= 4 is 33.5 Å². The van der Waals surface area contributed by atoms with Crippen LogP contribution in [0.15, 0.2) is 42.7 Å². The molecule has 0 bridgehead atoms. The molecule has 1 N–H and O–H groups in total. The van der Waals surface area contributed by atoms with Gasteiger partial charge < -0.3 is 15.1 Å². The third kappa shape index (κ3) is 3.53. The van der Waals surface area contributed by atoms with Crippen LogP contribution in [0.5, 0.6) is 0 Å². The maximum Gasteiger partial charge on any atom is 0.317 e. The molecule has 1 fully saturated rings. The standard InChI is InChI=1S/C17H18N6OS/c24-17(20-12-15-21-13-4-1-2-5-14(13)25-15)23-10-8-22(9-11-23)16-18-6-3-7-19-16/h1-7H,8-12H2,(H,20,24). The topological polar surface area (TPSA) is 74.2 Å². The van der Waals surface area contributed by atoms with Gasteiger partial charge in [-0.1, -0.05) is 12.1 Å². The molecule has 1 saturated heterocycles. The van der Waals surface area contributed by atoms with Crippen molar-refractivity contribution in [2.24, 2.45) is 0 Å². The zero-order valence-electron chi connectivity index (χ0n) is 13.6. The fraction of sp³-hybridized carbons (Fsp3) is 0.294. The molecule has 2 amide bonds. The number of nitrogens with one attached hydrogen (secondary N) is 1. The van der Waals surface area contributed by atoms with Crippen LogP contribution in [0.4, 0.5) is 10.7 Å². The smallest absolute Gasteiger partial charge is 0.317 e. The summed E-state index contributed by atoms with van der Waals surface area (Å²) in [5, 5.41) is 3.89. The Morgan fingerprint density at radius 2 is 1.84 bits per heavy atom. The molecule has 4 rings (SSSR count). The molecule has 0 unspecified atom stereocenters. The Morgan fingerprint density at radius 1 is 1.08 bits per heavy atom. The fourth-order valence-electron chi connectivity index (χ4n) is 2.82. The largest absolute Gasteiger partial charge is 0.337 e. The van der Waals surface area contributed by atoms with E-state index in [-0.39, 0.29) is 6.03 Å². The van der Waals surface area contributed by atoms with Gasteiger partial charge in [0.25, 0.3) is 0 Å². The van der Waals surface area contributed by atoms with E-state index in [1.165, 1.54) is 0 Å². The Morgan fingerprint density at radius 3 is 2.60 bits per heavy atom. The van der Waals surface area contributed by atoms with E-state index in [4.69, 9.17) is 0 Å². The van der Waals surface area contributed by atoms with Crippen LogP contribution >= 0.6 is 11.3 Å². The molecule has 1 aliphatic rings. The van der Waals surface area contributed by atoms with E-state index in [2.05, 4.69) is 25.2 Å². The number of aromatic nitrogens is 3. The van der Waals surface area contributed by atoms with E-state index in [0.717, 1.165) is 34.3 Å². The number of fused-ring (bicyclic) bond motifs is 1. The Kier molecular flexibility index (Phi) is 4.43. The second-order valence-electron chi connectivity index (χ2n) is 5.76. The molecule has 0 atom stereocenters. The van der Waals surface area contributed by atoms with Gasteiger partial charge in [-0.05, 0) is 18.2 Å². The predicted octanol–water partition coefficient (Wildman–Crippen LogP) is 2.12. The van der Waals surface area contributed by atoms with Crippen molar-refractivity contribution in [2.45, 2.75) is 6.54 Å². The number of urea groups is 1. The highest BCUT2D eigenvalue weighted by molar-refractivity contribution is 7.18. The van der Waals surface area contributed by atoms with Crippen molar-refractivity contribution in [3.05, 3.63) is 47.7 Å². The van der Waals surface area contributed by atoms with Crippen LogP contribution in [-0.4, -0.2) is 52.1 Å². The van der Waals surface area contributed by atoms with Gasteiger partial charge in [0.15, 0.2) is 0 Å². The van der Waals surface area contributed by atoms with Crippen molar-refractivity contribution in [3.63, 3.8) is 0 Å². The van der Waals surface area contributed by atoms with Crippen LogP contribution in [0.2, 0.25) is 0 Å². The third-order valence-electron chi connectivity index (χ3n) is 4.13. The third-order valence-corrected chi connectivity index (χ3v) is 5.17. The maximum atomic E-state index is 12.4. The minimum atomic E-state index is -0.0483. The lowest BCUT2D eigenvalue weighted by Gasteiger charge is -2.34. The lowest BCUT2D eigenvalue weighted by atomic mass is 10.3. The van der Waals surface area contributed by atoms with Gasteiger partial charge >= 0.3 is 6.03 Å². The first-order valence-electron chi connectivity index (χ1n) is 8.19. The van der Waals surface area contributed by atoms with Crippen LogP contribution in [-0.2, 0) is 6.54 Å². The van der Waals surface area contributed by atoms with Crippen LogP contribution in [0.3, 0.4) is 0 Å². The van der Waals surface area contributed by atoms with E-state index >= 15 is 0 Å². The summed E-state index contributed by atoms with van der Waals surface area (Å²) in [5.74, 6) is 0.719. The monoisotopic (exact) mass is 354 g/mol. The second kappa shape index (κ2) is 7.02. The van der Waals surface area contributed by atoms with Gasteiger partial charge in [0, 0.05) is 38.6 Å². The van der Waals surface area contributed by atoms with Crippen molar-refractivity contribution in [2.75, 3.05) is 31.1 Å². The highest BCUT2D eigenvalue weighted by Gasteiger charge is 2.22. The van der Waals surface area contributed by atoms with Gasteiger partial charge in [-0.25, -0.2) is 19.7 Å². The molecule has 1 aliphatic heterocycles. The minimum absolute atomic E-state index is 0.0483. The van der Waals surface area contributed by atoms with Crippen LogP contribution < -0.4 is 10.2 Å². The highest BCUT2D eigenvalue weighted by Crippen LogP contribution is 2.21. The minimum Gasteiger partial charge on any atom is -0.337 e. The van der Waals surface area contributed by atoms with Crippen LogP contribution in [0.1, 0.15) is 5.01 Å². The number of benzene rings is 1. The van der Waals surface area contributed by atoms with Crippen LogP contribution in [0.25, 0.3) is 10.2 Å². The van der Waals surface area contributed by atoms with Crippen molar-refractivity contribution in [1.82, 2.24) is 25.2 Å².